The lowest BCUT2D eigenvalue weighted by Gasteiger charge is -2.21. The molecule has 0 atom stereocenters. The van der Waals surface area contributed by atoms with Crippen LogP contribution in [0.1, 0.15) is 26.3 Å². The lowest BCUT2D eigenvalue weighted by atomic mass is 10.1. The van der Waals surface area contributed by atoms with E-state index in [9.17, 15) is 0 Å². The molecule has 0 spiro atoms. The summed E-state index contributed by atoms with van der Waals surface area (Å²) in [7, 11) is 0. The molecule has 2 aromatic carbocycles. The minimum atomic E-state index is 0.0964. The van der Waals surface area contributed by atoms with Gasteiger partial charge in [-0.2, -0.15) is 0 Å². The molecule has 0 fully saturated rings. The third-order valence-corrected chi connectivity index (χ3v) is 4.75. The number of halogens is 2. The summed E-state index contributed by atoms with van der Waals surface area (Å²) in [4.78, 5) is 2.40. The van der Waals surface area contributed by atoms with Crippen molar-refractivity contribution in [3.63, 3.8) is 0 Å². The van der Waals surface area contributed by atoms with Crippen molar-refractivity contribution in [1.29, 1.82) is 0 Å². The average Bonchev–Trinajstić information content (AvgIpc) is 2.39. The summed E-state index contributed by atoms with van der Waals surface area (Å²) < 4.78 is 1.09. The van der Waals surface area contributed by atoms with Gasteiger partial charge in [-0.25, -0.2) is 0 Å². The summed E-state index contributed by atoms with van der Waals surface area (Å²) in [5, 5.41) is 4.30. The standard InChI is InChI=1S/C17H19BrClNS/c1-17(2,3)20-11-12-4-7-14(19)10-16(12)21-15-8-5-13(18)6-9-15/h4-10,20H,11H2,1-3H3. The highest BCUT2D eigenvalue weighted by molar-refractivity contribution is 9.10. The van der Waals surface area contributed by atoms with Gasteiger partial charge in [-0.1, -0.05) is 45.4 Å². The van der Waals surface area contributed by atoms with Crippen molar-refractivity contribution in [2.24, 2.45) is 0 Å². The molecule has 4 heteroatoms. The van der Waals surface area contributed by atoms with Gasteiger partial charge in [0.2, 0.25) is 0 Å². The predicted octanol–water partition coefficient (Wildman–Crippen LogP) is 6.14. The lowest BCUT2D eigenvalue weighted by molar-refractivity contribution is 0.422. The first-order valence-electron chi connectivity index (χ1n) is 6.80. The lowest BCUT2D eigenvalue weighted by Crippen LogP contribution is -2.35. The van der Waals surface area contributed by atoms with Crippen LogP contribution in [0.25, 0.3) is 0 Å². The Kier molecular flexibility index (Phi) is 5.78. The Morgan fingerprint density at radius 1 is 1.10 bits per heavy atom. The fraction of sp³-hybridized carbons (Fsp3) is 0.294. The molecule has 1 nitrogen and oxygen atoms in total. The molecule has 112 valence electrons. The molecule has 0 saturated carbocycles. The average molecular weight is 385 g/mol. The molecule has 0 aromatic heterocycles. The maximum Gasteiger partial charge on any atom is 0.0417 e. The van der Waals surface area contributed by atoms with Gasteiger partial charge in [0.1, 0.15) is 0 Å². The van der Waals surface area contributed by atoms with Gasteiger partial charge < -0.3 is 5.32 Å². The number of benzene rings is 2. The van der Waals surface area contributed by atoms with Crippen LogP contribution >= 0.6 is 39.3 Å². The number of rotatable bonds is 4. The second kappa shape index (κ2) is 7.19. The molecule has 0 amide bonds. The van der Waals surface area contributed by atoms with Gasteiger partial charge in [0.05, 0.1) is 0 Å². The first-order chi connectivity index (χ1) is 9.83. The zero-order valence-electron chi connectivity index (χ0n) is 12.4. The second-order valence-corrected chi connectivity index (χ2v) is 8.38. The molecule has 2 aromatic rings. The maximum absolute atomic E-state index is 6.16. The van der Waals surface area contributed by atoms with Crippen LogP contribution in [-0.4, -0.2) is 5.54 Å². The Morgan fingerprint density at radius 2 is 1.76 bits per heavy atom. The Morgan fingerprint density at radius 3 is 2.38 bits per heavy atom. The molecule has 0 aliphatic heterocycles. The molecule has 0 aliphatic carbocycles. The van der Waals surface area contributed by atoms with E-state index in [1.54, 1.807) is 11.8 Å². The fourth-order valence-electron chi connectivity index (χ4n) is 1.76. The van der Waals surface area contributed by atoms with E-state index in [1.165, 1.54) is 15.4 Å². The van der Waals surface area contributed by atoms with Gasteiger partial charge in [-0.15, -0.1) is 0 Å². The molecule has 1 N–H and O–H groups in total. The Balaban J connectivity index is 2.20. The maximum atomic E-state index is 6.16. The van der Waals surface area contributed by atoms with Gasteiger partial charge in [0, 0.05) is 31.4 Å². The van der Waals surface area contributed by atoms with Crippen LogP contribution in [-0.2, 0) is 6.54 Å². The summed E-state index contributed by atoms with van der Waals surface area (Å²) in [6, 6.07) is 14.4. The molecule has 0 radical (unpaired) electrons. The highest BCUT2D eigenvalue weighted by Gasteiger charge is 2.11. The second-order valence-electron chi connectivity index (χ2n) is 5.91. The minimum Gasteiger partial charge on any atom is -0.308 e. The van der Waals surface area contributed by atoms with E-state index in [0.717, 1.165) is 16.0 Å². The zero-order valence-corrected chi connectivity index (χ0v) is 15.6. The van der Waals surface area contributed by atoms with Crippen molar-refractivity contribution in [3.8, 4) is 0 Å². The quantitative estimate of drug-likeness (QED) is 0.679. The molecule has 0 aliphatic rings. The Hall–Kier alpha value is -0.480. The molecule has 0 unspecified atom stereocenters. The third kappa shape index (κ3) is 5.67. The molecule has 0 heterocycles. The highest BCUT2D eigenvalue weighted by Crippen LogP contribution is 2.33. The Labute approximate surface area is 144 Å². The molecule has 21 heavy (non-hydrogen) atoms. The van der Waals surface area contributed by atoms with Crippen molar-refractivity contribution in [1.82, 2.24) is 5.32 Å². The van der Waals surface area contributed by atoms with Crippen LogP contribution < -0.4 is 5.32 Å². The van der Waals surface area contributed by atoms with E-state index in [2.05, 4.69) is 72.3 Å². The summed E-state index contributed by atoms with van der Waals surface area (Å²) in [5.74, 6) is 0. The van der Waals surface area contributed by atoms with E-state index >= 15 is 0 Å². The number of hydrogen-bond donors (Lipinski definition) is 1. The van der Waals surface area contributed by atoms with Crippen LogP contribution in [0.3, 0.4) is 0 Å². The van der Waals surface area contributed by atoms with E-state index < -0.39 is 0 Å². The largest absolute Gasteiger partial charge is 0.308 e. The van der Waals surface area contributed by atoms with E-state index in [4.69, 9.17) is 11.6 Å². The smallest absolute Gasteiger partial charge is 0.0417 e. The number of hydrogen-bond acceptors (Lipinski definition) is 2. The topological polar surface area (TPSA) is 12.0 Å². The summed E-state index contributed by atoms with van der Waals surface area (Å²) in [5.41, 5.74) is 1.36. The number of nitrogens with one attached hydrogen (secondary N) is 1. The predicted molar refractivity (Wildman–Crippen MR) is 96.3 cm³/mol. The van der Waals surface area contributed by atoms with Crippen LogP contribution in [0.2, 0.25) is 5.02 Å². The van der Waals surface area contributed by atoms with Crippen LogP contribution in [0.4, 0.5) is 0 Å². The monoisotopic (exact) mass is 383 g/mol. The summed E-state index contributed by atoms with van der Waals surface area (Å²) in [6.45, 7) is 7.35. The van der Waals surface area contributed by atoms with Crippen LogP contribution in [0, 0.1) is 0 Å². The van der Waals surface area contributed by atoms with Crippen molar-refractivity contribution in [2.45, 2.75) is 42.6 Å². The molecule has 0 saturated heterocycles. The van der Waals surface area contributed by atoms with E-state index in [0.29, 0.717) is 0 Å². The van der Waals surface area contributed by atoms with Crippen molar-refractivity contribution < 1.29 is 0 Å². The highest BCUT2D eigenvalue weighted by atomic mass is 79.9. The van der Waals surface area contributed by atoms with Gasteiger partial charge >= 0.3 is 0 Å². The van der Waals surface area contributed by atoms with Crippen molar-refractivity contribution >= 4 is 39.3 Å². The normalized spacial score (nSPS) is 11.7. The molecular weight excluding hydrogens is 366 g/mol. The van der Waals surface area contributed by atoms with E-state index in [-0.39, 0.29) is 5.54 Å². The van der Waals surface area contributed by atoms with Gasteiger partial charge in [-0.05, 0) is 62.7 Å². The summed E-state index contributed by atoms with van der Waals surface area (Å²) in [6.07, 6.45) is 0. The third-order valence-electron chi connectivity index (χ3n) is 2.88. The minimum absolute atomic E-state index is 0.0964. The van der Waals surface area contributed by atoms with Crippen LogP contribution in [0.15, 0.2) is 56.7 Å². The van der Waals surface area contributed by atoms with Crippen molar-refractivity contribution in [3.05, 3.63) is 57.5 Å². The van der Waals surface area contributed by atoms with Gasteiger partial charge in [0.25, 0.3) is 0 Å². The van der Waals surface area contributed by atoms with Crippen molar-refractivity contribution in [2.75, 3.05) is 0 Å². The SMILES string of the molecule is CC(C)(C)NCc1ccc(Cl)cc1Sc1ccc(Br)cc1. The molecular formula is C17H19BrClNS. The van der Waals surface area contributed by atoms with Gasteiger partial charge in [0.15, 0.2) is 0 Å². The molecule has 0 bridgehead atoms. The van der Waals surface area contributed by atoms with Gasteiger partial charge in [-0.3, -0.25) is 0 Å². The Bertz CT molecular complexity index is 605. The van der Waals surface area contributed by atoms with Crippen LogP contribution in [0.5, 0.6) is 0 Å². The molecule has 2 rings (SSSR count). The zero-order chi connectivity index (χ0) is 15.5. The first kappa shape index (κ1) is 16.9. The summed E-state index contributed by atoms with van der Waals surface area (Å²) >= 11 is 11.4. The fourth-order valence-corrected chi connectivity index (χ4v) is 3.24. The first-order valence-corrected chi connectivity index (χ1v) is 8.79. The van der Waals surface area contributed by atoms with E-state index in [1.807, 2.05) is 12.1 Å².